The van der Waals surface area contributed by atoms with Crippen molar-refractivity contribution in [1.82, 2.24) is 9.97 Å². The van der Waals surface area contributed by atoms with Crippen LogP contribution >= 0.6 is 0 Å². The second-order valence-corrected chi connectivity index (χ2v) is 26.5. The van der Waals surface area contributed by atoms with Crippen molar-refractivity contribution < 1.29 is 142 Å². The standard InChI is InChI=1S/C94H110N2O30/c1-103-15-21-109-27-33-115-39-45-121-89(97)81-55-71-7-9-75-53-79(63-83(59-75)91(99)123-47-41-117-35-29-111-23-17-105-3)69-95-87-65-77(61-85(67-87)93(101)125-49-43-119-37-31-113-25-19-107-5)13-11-73-52-74(58-82(57-73)90(98)122-46-40-116-34-28-110-22-16-104-2)12-14-78-62-86(94(102)126-50-44-120-38-32-114-26-20-108-6)68-88(66-78)96-70-80-54-76(10-8-72(51-71)56-81)60-84(64-80)92(100)124-48-42-118-36-30-112-24-18-106-4/h51-70H,15-50H2,1-6H3. The number of fused-ring (bicyclic) bond motifs is 12. The smallest absolute Gasteiger partial charge is 0.338 e. The molecular weight excluding hydrogens is 1640 g/mol. The second-order valence-electron chi connectivity index (χ2n) is 26.5. The van der Waals surface area contributed by atoms with Crippen molar-refractivity contribution in [2.24, 2.45) is 0 Å². The van der Waals surface area contributed by atoms with Crippen LogP contribution in [0.3, 0.4) is 0 Å². The highest BCUT2D eigenvalue weighted by molar-refractivity contribution is 5.97. The van der Waals surface area contributed by atoms with E-state index in [9.17, 15) is 28.8 Å². The van der Waals surface area contributed by atoms with Crippen LogP contribution in [0.25, 0.3) is 64.9 Å². The van der Waals surface area contributed by atoms with E-state index < -0.39 is 35.8 Å². The lowest BCUT2D eigenvalue weighted by atomic mass is 10.1. The second kappa shape index (κ2) is 63.8. The number of ether oxygens (including phenoxy) is 24. The molecule has 1 heterocycles. The van der Waals surface area contributed by atoms with Gasteiger partial charge in [0.1, 0.15) is 39.6 Å². The highest BCUT2D eigenvalue weighted by atomic mass is 16.6. The Labute approximate surface area is 733 Å². The fraction of sp³-hybridized carbons (Fsp3) is 0.447. The van der Waals surface area contributed by atoms with Crippen LogP contribution < -0.4 is 0 Å². The number of carbonyl (C=O) groups excluding carboxylic acids is 6. The van der Waals surface area contributed by atoms with Crippen molar-refractivity contribution in [2.45, 2.75) is 0 Å². The Bertz CT molecular complexity index is 3850. The van der Waals surface area contributed by atoms with E-state index in [2.05, 4.69) is 48.5 Å². The lowest BCUT2D eigenvalue weighted by Crippen LogP contribution is -2.14. The third-order valence-corrected chi connectivity index (χ3v) is 16.7. The molecule has 12 bridgehead atoms. The van der Waals surface area contributed by atoms with E-state index in [1.54, 1.807) is 79.1 Å². The zero-order valence-corrected chi connectivity index (χ0v) is 72.1. The normalized spacial score (nSPS) is 10.8. The van der Waals surface area contributed by atoms with Crippen LogP contribution in [0.2, 0.25) is 0 Å². The Hall–Kier alpha value is -11.0. The molecule has 0 atom stereocenters. The maximum absolute atomic E-state index is 14.1. The Morgan fingerprint density at radius 2 is 0.349 bits per heavy atom. The van der Waals surface area contributed by atoms with Gasteiger partial charge in [-0.25, -0.2) is 28.8 Å². The summed E-state index contributed by atoms with van der Waals surface area (Å²) in [5, 5.41) is 2.86. The molecule has 0 aliphatic carbocycles. The number of hydrogen-bond acceptors (Lipinski definition) is 32. The molecule has 0 aliphatic heterocycles. The Balaban J connectivity index is 1.48. The summed E-state index contributed by atoms with van der Waals surface area (Å²) < 4.78 is 132. The first-order chi connectivity index (χ1) is 61.8. The van der Waals surface area contributed by atoms with Crippen molar-refractivity contribution in [2.75, 3.05) is 281 Å². The monoisotopic (exact) mass is 1750 g/mol. The number of esters is 6. The number of methoxy groups -OCH3 is 6. The highest BCUT2D eigenvalue weighted by Crippen LogP contribution is 2.20. The molecule has 0 aliphatic rings. The molecular formula is C94H110N2O30. The van der Waals surface area contributed by atoms with E-state index in [0.29, 0.717) is 90.1 Å². The fourth-order valence-corrected chi connectivity index (χ4v) is 10.7. The van der Waals surface area contributed by atoms with Gasteiger partial charge in [0.15, 0.2) is 0 Å². The Kier molecular flexibility index (Phi) is 51.7. The van der Waals surface area contributed by atoms with E-state index in [-0.39, 0.29) is 246 Å². The van der Waals surface area contributed by atoms with Crippen molar-refractivity contribution in [3.63, 3.8) is 0 Å². The minimum absolute atomic E-state index is 0.0427. The first-order valence-electron chi connectivity index (χ1n) is 40.7. The summed E-state index contributed by atoms with van der Waals surface area (Å²) >= 11 is 0. The quantitative estimate of drug-likeness (QED) is 0.0194. The molecule has 32 nitrogen and oxygen atoms in total. The summed E-state index contributed by atoms with van der Waals surface area (Å²) in [6, 6.07) is 53.1. The van der Waals surface area contributed by atoms with Gasteiger partial charge in [0.05, 0.1) is 243 Å². The minimum Gasteiger partial charge on any atom is -0.460 e. The lowest BCUT2D eigenvalue weighted by molar-refractivity contribution is 0.00553. The summed E-state index contributed by atoms with van der Waals surface area (Å²) in [7, 11) is 9.42. The SMILES string of the molecule is COCCOCCOCCOC(=O)c1cc2c#cc3cc(C(=O)OCCOCCOCCOC)cc(cnc4cc(C(=O)OCCOCCOCCOC)cc(c#cc5cc(C(=O)OCCOCCOCCOC)cc(c#cc6cc(C(=O)OCCOCCOCCOC)cc(c6)ncc6cc(C(=O)OCCOCCOCCOC)cc(c#cc(c1)c2)c6)c5)c4)c3. The van der Waals surface area contributed by atoms with Gasteiger partial charge < -0.3 is 114 Å². The van der Waals surface area contributed by atoms with Crippen LogP contribution in [0.1, 0.15) is 62.1 Å². The summed E-state index contributed by atoms with van der Waals surface area (Å²) in [5.74, 6) is -4.44. The molecule has 7 aromatic rings. The zero-order chi connectivity index (χ0) is 89.5. The van der Waals surface area contributed by atoms with Crippen molar-refractivity contribution in [1.29, 1.82) is 0 Å². The van der Waals surface area contributed by atoms with Crippen LogP contribution in [0, 0.1) is 48.5 Å². The lowest BCUT2D eigenvalue weighted by Gasteiger charge is -2.07. The predicted octanol–water partition coefficient (Wildman–Crippen LogP) is 9.88. The third kappa shape index (κ3) is 43.3. The van der Waals surface area contributed by atoms with Gasteiger partial charge in [-0.1, -0.05) is 48.5 Å². The molecule has 0 saturated carbocycles. The number of hydrogen-bond donors (Lipinski definition) is 0. The topological polar surface area (TPSA) is 350 Å². The molecule has 1 aromatic heterocycles. The van der Waals surface area contributed by atoms with Gasteiger partial charge in [0.2, 0.25) is 0 Å². The van der Waals surface area contributed by atoms with Crippen LogP contribution in [0.4, 0.5) is 0 Å². The Morgan fingerprint density at radius 1 is 0.190 bits per heavy atom. The van der Waals surface area contributed by atoms with Gasteiger partial charge in [-0.2, -0.15) is 0 Å². The van der Waals surface area contributed by atoms with Gasteiger partial charge >= 0.3 is 35.8 Å². The predicted molar refractivity (Wildman–Crippen MR) is 460 cm³/mol. The van der Waals surface area contributed by atoms with Crippen molar-refractivity contribution >= 4 is 101 Å². The average molecular weight is 1750 g/mol. The maximum Gasteiger partial charge on any atom is 0.338 e. The molecule has 7 rings (SSSR count). The van der Waals surface area contributed by atoms with Gasteiger partial charge in [-0.3, -0.25) is 9.97 Å². The first kappa shape index (κ1) is 102. The van der Waals surface area contributed by atoms with Gasteiger partial charge in [-0.05, 0) is 120 Å². The molecule has 676 valence electrons. The summed E-state index contributed by atoms with van der Waals surface area (Å²) in [6.07, 6.45) is 2.91. The van der Waals surface area contributed by atoms with E-state index in [1.165, 1.54) is 85.2 Å². The average Bonchev–Trinajstić information content (AvgIpc) is 0.832. The van der Waals surface area contributed by atoms with E-state index in [0.717, 1.165) is 0 Å². The molecule has 0 unspecified atom stereocenters. The van der Waals surface area contributed by atoms with E-state index in [4.69, 9.17) is 124 Å². The van der Waals surface area contributed by atoms with Crippen LogP contribution in [0.15, 0.2) is 122 Å². The summed E-state index contributed by atoms with van der Waals surface area (Å²) in [6.45, 7) is 7.33. The largest absolute Gasteiger partial charge is 0.460 e. The van der Waals surface area contributed by atoms with Crippen LogP contribution in [-0.4, -0.2) is 326 Å². The molecule has 6 aromatic carbocycles. The molecule has 0 amide bonds. The molecule has 126 heavy (non-hydrogen) atoms. The zero-order valence-electron chi connectivity index (χ0n) is 72.1. The molecule has 0 spiro atoms. The van der Waals surface area contributed by atoms with E-state index >= 15 is 0 Å². The van der Waals surface area contributed by atoms with Gasteiger partial charge in [0.25, 0.3) is 0 Å². The number of aromatic nitrogens is 2. The van der Waals surface area contributed by atoms with E-state index in [1.807, 2.05) is 0 Å². The molecule has 0 N–H and O–H groups in total. The highest BCUT2D eigenvalue weighted by Gasteiger charge is 2.16. The van der Waals surface area contributed by atoms with Crippen molar-refractivity contribution in [3.8, 4) is 0 Å². The first-order valence-corrected chi connectivity index (χ1v) is 40.7. The van der Waals surface area contributed by atoms with Gasteiger partial charge in [-0.15, -0.1) is 0 Å². The number of benzene rings is 6. The molecule has 32 heteroatoms. The van der Waals surface area contributed by atoms with Crippen LogP contribution in [0.5, 0.6) is 0 Å². The third-order valence-electron chi connectivity index (χ3n) is 16.7. The maximum atomic E-state index is 14.1. The summed E-state index contributed by atoms with van der Waals surface area (Å²) in [5.41, 5.74) is 0.730. The molecule has 0 radical (unpaired) electrons. The van der Waals surface area contributed by atoms with Gasteiger partial charge in [0, 0.05) is 98.1 Å². The fourth-order valence-electron chi connectivity index (χ4n) is 10.7. The minimum atomic E-state index is -0.746. The van der Waals surface area contributed by atoms with Crippen molar-refractivity contribution in [3.05, 3.63) is 203 Å². The summed E-state index contributed by atoms with van der Waals surface area (Å²) in [4.78, 5) is 94.5. The number of rotatable bonds is 60. The Morgan fingerprint density at radius 3 is 0.548 bits per heavy atom. The number of carbonyl (C=O) groups is 6. The van der Waals surface area contributed by atoms with Crippen LogP contribution in [-0.2, 0) is 114 Å². The molecule has 0 saturated heterocycles. The molecule has 0 fully saturated rings. The number of nitrogens with zero attached hydrogens (tertiary/aromatic N) is 2.